The van der Waals surface area contributed by atoms with Gasteiger partial charge in [0.2, 0.25) is 0 Å². The molecule has 0 N–H and O–H groups in total. The molecule has 4 nitrogen and oxygen atoms in total. The summed E-state index contributed by atoms with van der Waals surface area (Å²) in [4.78, 5) is 8.22. The highest BCUT2D eigenvalue weighted by Gasteiger charge is 2.10. The van der Waals surface area contributed by atoms with Gasteiger partial charge < -0.3 is 0 Å². The van der Waals surface area contributed by atoms with Crippen LogP contribution in [-0.2, 0) is 0 Å². The Balaban J connectivity index is 2.34. The molecule has 0 spiro atoms. The first-order valence-electron chi connectivity index (χ1n) is 5.18. The SMILES string of the molecule is Cc1nn(-c2ncccn2)c2cc(F)ccc12. The summed E-state index contributed by atoms with van der Waals surface area (Å²) in [5.41, 5.74) is 1.50. The number of hydrogen-bond donors (Lipinski definition) is 0. The first-order chi connectivity index (χ1) is 8.25. The van der Waals surface area contributed by atoms with Crippen LogP contribution in [0.15, 0.2) is 36.7 Å². The minimum absolute atomic E-state index is 0.297. The van der Waals surface area contributed by atoms with E-state index in [0.717, 1.165) is 11.1 Å². The van der Waals surface area contributed by atoms with Gasteiger partial charge in [-0.25, -0.2) is 14.4 Å². The Kier molecular flexibility index (Phi) is 2.11. The van der Waals surface area contributed by atoms with Crippen LogP contribution in [0.5, 0.6) is 0 Å². The predicted molar refractivity (Wildman–Crippen MR) is 61.4 cm³/mol. The van der Waals surface area contributed by atoms with Crippen LogP contribution in [-0.4, -0.2) is 19.7 Å². The summed E-state index contributed by atoms with van der Waals surface area (Å²) in [7, 11) is 0. The van der Waals surface area contributed by atoms with Crippen LogP contribution in [0.2, 0.25) is 0 Å². The molecule has 0 unspecified atom stereocenters. The molecule has 84 valence electrons. The van der Waals surface area contributed by atoms with Gasteiger partial charge in [0.1, 0.15) is 5.82 Å². The van der Waals surface area contributed by atoms with E-state index in [4.69, 9.17) is 0 Å². The molecule has 0 saturated heterocycles. The van der Waals surface area contributed by atoms with Crippen LogP contribution in [0.3, 0.4) is 0 Å². The number of hydrogen-bond acceptors (Lipinski definition) is 3. The fourth-order valence-corrected chi connectivity index (χ4v) is 1.80. The average molecular weight is 228 g/mol. The number of aromatic nitrogens is 4. The van der Waals surface area contributed by atoms with E-state index in [2.05, 4.69) is 15.1 Å². The number of rotatable bonds is 1. The van der Waals surface area contributed by atoms with Crippen LogP contribution < -0.4 is 0 Å². The summed E-state index contributed by atoms with van der Waals surface area (Å²) in [6.07, 6.45) is 3.26. The largest absolute Gasteiger partial charge is 0.251 e. The molecule has 0 aliphatic rings. The van der Waals surface area contributed by atoms with Crippen LogP contribution in [0.25, 0.3) is 16.9 Å². The Labute approximate surface area is 96.7 Å². The summed E-state index contributed by atoms with van der Waals surface area (Å²) >= 11 is 0. The van der Waals surface area contributed by atoms with Gasteiger partial charge >= 0.3 is 0 Å². The molecular formula is C12H9FN4. The summed E-state index contributed by atoms with van der Waals surface area (Å²) in [5.74, 6) is 0.144. The van der Waals surface area contributed by atoms with Gasteiger partial charge in [0, 0.05) is 23.8 Å². The van der Waals surface area contributed by atoms with E-state index in [1.807, 2.05) is 6.92 Å². The van der Waals surface area contributed by atoms with Gasteiger partial charge in [-0.2, -0.15) is 9.78 Å². The fourth-order valence-electron chi connectivity index (χ4n) is 1.80. The van der Waals surface area contributed by atoms with Crippen LogP contribution in [0, 0.1) is 12.7 Å². The monoisotopic (exact) mass is 228 g/mol. The van der Waals surface area contributed by atoms with Gasteiger partial charge in [0.05, 0.1) is 11.2 Å². The van der Waals surface area contributed by atoms with Crippen molar-refractivity contribution in [2.24, 2.45) is 0 Å². The lowest BCUT2D eigenvalue weighted by Gasteiger charge is -1.99. The molecule has 3 aromatic rings. The summed E-state index contributed by atoms with van der Waals surface area (Å²) in [5, 5.41) is 5.23. The number of benzene rings is 1. The Morgan fingerprint density at radius 2 is 1.94 bits per heavy atom. The Hall–Kier alpha value is -2.30. The van der Waals surface area contributed by atoms with E-state index in [9.17, 15) is 4.39 Å². The average Bonchev–Trinajstić information content (AvgIpc) is 2.67. The van der Waals surface area contributed by atoms with E-state index >= 15 is 0 Å². The summed E-state index contributed by atoms with van der Waals surface area (Å²) in [6.45, 7) is 1.87. The minimum Gasteiger partial charge on any atom is -0.220 e. The quantitative estimate of drug-likeness (QED) is 0.641. The van der Waals surface area contributed by atoms with Crippen molar-refractivity contribution in [1.29, 1.82) is 0 Å². The standard InChI is InChI=1S/C12H9FN4/c1-8-10-4-3-9(13)7-11(10)17(16-8)12-14-5-2-6-15-12/h2-7H,1H3. The number of nitrogens with zero attached hydrogens (tertiary/aromatic N) is 4. The van der Waals surface area contributed by atoms with Gasteiger partial charge in [-0.15, -0.1) is 0 Å². The smallest absolute Gasteiger partial charge is 0.220 e. The molecular weight excluding hydrogens is 219 g/mol. The highest BCUT2D eigenvalue weighted by molar-refractivity contribution is 5.82. The van der Waals surface area contributed by atoms with Crippen molar-refractivity contribution in [2.75, 3.05) is 0 Å². The molecule has 0 atom stereocenters. The van der Waals surface area contributed by atoms with Crippen molar-refractivity contribution in [3.8, 4) is 5.95 Å². The maximum Gasteiger partial charge on any atom is 0.251 e. The van der Waals surface area contributed by atoms with Crippen molar-refractivity contribution in [2.45, 2.75) is 6.92 Å². The van der Waals surface area contributed by atoms with Crippen molar-refractivity contribution >= 4 is 10.9 Å². The molecule has 17 heavy (non-hydrogen) atoms. The lowest BCUT2D eigenvalue weighted by Crippen LogP contribution is -2.01. The van der Waals surface area contributed by atoms with E-state index < -0.39 is 0 Å². The van der Waals surface area contributed by atoms with E-state index in [-0.39, 0.29) is 5.82 Å². The molecule has 0 saturated carbocycles. The van der Waals surface area contributed by atoms with Gasteiger partial charge in [-0.1, -0.05) is 0 Å². The van der Waals surface area contributed by atoms with Crippen LogP contribution >= 0.6 is 0 Å². The van der Waals surface area contributed by atoms with Crippen LogP contribution in [0.1, 0.15) is 5.69 Å². The Morgan fingerprint density at radius 3 is 2.71 bits per heavy atom. The van der Waals surface area contributed by atoms with Gasteiger partial charge in [0.25, 0.3) is 5.95 Å². The zero-order chi connectivity index (χ0) is 11.8. The van der Waals surface area contributed by atoms with E-state index in [1.54, 1.807) is 29.2 Å². The van der Waals surface area contributed by atoms with Gasteiger partial charge in [-0.05, 0) is 25.1 Å². The first-order valence-corrected chi connectivity index (χ1v) is 5.18. The zero-order valence-corrected chi connectivity index (χ0v) is 9.13. The normalized spacial score (nSPS) is 10.9. The second-order valence-corrected chi connectivity index (χ2v) is 3.71. The fraction of sp³-hybridized carbons (Fsp3) is 0.0833. The molecule has 5 heteroatoms. The number of halogens is 1. The Morgan fingerprint density at radius 1 is 1.18 bits per heavy atom. The predicted octanol–water partition coefficient (Wildman–Crippen LogP) is 2.26. The highest BCUT2D eigenvalue weighted by Crippen LogP contribution is 2.20. The summed E-state index contributed by atoms with van der Waals surface area (Å²) in [6, 6.07) is 6.30. The molecule has 3 rings (SSSR count). The first kappa shape index (κ1) is 9.89. The van der Waals surface area contributed by atoms with Crippen molar-refractivity contribution in [3.63, 3.8) is 0 Å². The van der Waals surface area contributed by atoms with Crippen molar-refractivity contribution in [1.82, 2.24) is 19.7 Å². The van der Waals surface area contributed by atoms with Gasteiger partial charge in [0.15, 0.2) is 0 Å². The number of fused-ring (bicyclic) bond motifs is 1. The molecule has 2 aromatic heterocycles. The number of aryl methyl sites for hydroxylation is 1. The zero-order valence-electron chi connectivity index (χ0n) is 9.13. The maximum atomic E-state index is 13.3. The third-order valence-corrected chi connectivity index (χ3v) is 2.57. The molecule has 0 aliphatic heterocycles. The second-order valence-electron chi connectivity index (χ2n) is 3.71. The molecule has 0 fully saturated rings. The molecule has 2 heterocycles. The Bertz CT molecular complexity index is 676. The highest BCUT2D eigenvalue weighted by atomic mass is 19.1. The third-order valence-electron chi connectivity index (χ3n) is 2.57. The lowest BCUT2D eigenvalue weighted by atomic mass is 10.2. The molecule has 1 aromatic carbocycles. The molecule has 0 radical (unpaired) electrons. The summed E-state index contributed by atoms with van der Waals surface area (Å²) < 4.78 is 14.8. The van der Waals surface area contributed by atoms with Gasteiger partial charge in [-0.3, -0.25) is 0 Å². The topological polar surface area (TPSA) is 43.6 Å². The minimum atomic E-state index is -0.297. The van der Waals surface area contributed by atoms with Crippen LogP contribution in [0.4, 0.5) is 4.39 Å². The maximum absolute atomic E-state index is 13.3. The van der Waals surface area contributed by atoms with Crippen molar-refractivity contribution < 1.29 is 4.39 Å². The van der Waals surface area contributed by atoms with E-state index in [1.165, 1.54) is 12.1 Å². The van der Waals surface area contributed by atoms with Crippen molar-refractivity contribution in [3.05, 3.63) is 48.2 Å². The molecule has 0 aliphatic carbocycles. The lowest BCUT2D eigenvalue weighted by molar-refractivity contribution is 0.628. The molecule has 0 bridgehead atoms. The molecule has 0 amide bonds. The van der Waals surface area contributed by atoms with E-state index in [0.29, 0.717) is 11.5 Å². The second kappa shape index (κ2) is 3.62. The third kappa shape index (κ3) is 1.56.